The van der Waals surface area contributed by atoms with Crippen molar-refractivity contribution in [3.63, 3.8) is 0 Å². The summed E-state index contributed by atoms with van der Waals surface area (Å²) in [6.45, 7) is 6.27. The molecule has 1 saturated heterocycles. The molecular formula is C39H47F3N7NaO3. The molecule has 1 aliphatic heterocycles. The molecule has 4 heterocycles. The van der Waals surface area contributed by atoms with Gasteiger partial charge in [0.25, 0.3) is 0 Å². The molecule has 3 aliphatic rings. The van der Waals surface area contributed by atoms with Crippen molar-refractivity contribution in [3.8, 4) is 22.6 Å². The van der Waals surface area contributed by atoms with Gasteiger partial charge in [-0.3, -0.25) is 9.88 Å². The first kappa shape index (κ1) is 39.5. The summed E-state index contributed by atoms with van der Waals surface area (Å²) >= 11 is 0. The number of imidazole rings is 1. The van der Waals surface area contributed by atoms with Gasteiger partial charge in [-0.1, -0.05) is 19.3 Å². The van der Waals surface area contributed by atoms with Crippen LogP contribution in [0.4, 0.5) is 24.5 Å². The summed E-state index contributed by atoms with van der Waals surface area (Å²) < 4.78 is 48.6. The molecule has 10 nitrogen and oxygen atoms in total. The van der Waals surface area contributed by atoms with Crippen LogP contribution in [0.25, 0.3) is 33.8 Å². The molecule has 0 bridgehead atoms. The zero-order chi connectivity index (χ0) is 36.6. The van der Waals surface area contributed by atoms with Gasteiger partial charge < -0.3 is 29.4 Å². The van der Waals surface area contributed by atoms with E-state index in [4.69, 9.17) is 14.7 Å². The van der Waals surface area contributed by atoms with Crippen LogP contribution in [0.15, 0.2) is 42.6 Å². The molecule has 0 amide bonds. The fourth-order valence-electron chi connectivity index (χ4n) is 8.31. The summed E-state index contributed by atoms with van der Waals surface area (Å²) in [5, 5.41) is 10.9. The molecule has 0 spiro atoms. The van der Waals surface area contributed by atoms with Crippen LogP contribution in [0.5, 0.6) is 0 Å². The SMILES string of the molecule is COCC1(CN(C)c2cc(-c3cnc(C4CC4)c(C(F)(F)F)c3)nc3nc(-c4ccc(N5CCN(CCC(=O)[O-])C[C@H]5C)cc4)[nH]c23)CCCCC1.[Na+]. The van der Waals surface area contributed by atoms with Crippen molar-refractivity contribution in [3.05, 3.63) is 53.9 Å². The molecule has 14 heteroatoms. The van der Waals surface area contributed by atoms with E-state index in [0.717, 1.165) is 75.1 Å². The van der Waals surface area contributed by atoms with Gasteiger partial charge in [-0.25, -0.2) is 9.97 Å². The Balaban J connectivity index is 0.00000481. The van der Waals surface area contributed by atoms with Gasteiger partial charge in [0.2, 0.25) is 0 Å². The number of rotatable bonds is 12. The van der Waals surface area contributed by atoms with Crippen molar-refractivity contribution in [1.82, 2.24) is 24.8 Å². The Kier molecular flexibility index (Phi) is 12.1. The number of hydrogen-bond acceptors (Lipinski definition) is 9. The Bertz CT molecular complexity index is 1890. The van der Waals surface area contributed by atoms with E-state index < -0.39 is 17.7 Å². The maximum absolute atomic E-state index is 14.3. The second-order valence-electron chi connectivity index (χ2n) is 15.1. The Hall–Kier alpha value is -3.23. The third kappa shape index (κ3) is 8.85. The van der Waals surface area contributed by atoms with Gasteiger partial charge in [-0.05, 0) is 75.4 Å². The second kappa shape index (κ2) is 16.2. The van der Waals surface area contributed by atoms with Gasteiger partial charge >= 0.3 is 35.7 Å². The molecule has 2 saturated carbocycles. The topological polar surface area (TPSA) is 114 Å². The maximum atomic E-state index is 14.3. The van der Waals surface area contributed by atoms with Crippen LogP contribution >= 0.6 is 0 Å². The van der Waals surface area contributed by atoms with Crippen LogP contribution in [-0.2, 0) is 15.7 Å². The number of anilines is 2. The normalized spacial score (nSPS) is 19.3. The smallest absolute Gasteiger partial charge is 0.550 e. The number of nitrogens with zero attached hydrogens (tertiary/aromatic N) is 6. The number of fused-ring (bicyclic) bond motifs is 1. The summed E-state index contributed by atoms with van der Waals surface area (Å²) in [6, 6.07) is 11.4. The number of pyridine rings is 2. The number of ether oxygens (including phenoxy) is 1. The van der Waals surface area contributed by atoms with Crippen LogP contribution in [0.1, 0.15) is 75.5 Å². The number of benzene rings is 1. The van der Waals surface area contributed by atoms with Gasteiger partial charge in [0.05, 0.1) is 29.2 Å². The molecule has 2 aliphatic carbocycles. The fraction of sp³-hybridized carbons (Fsp3) is 0.538. The van der Waals surface area contributed by atoms with E-state index in [1.165, 1.54) is 18.7 Å². The quantitative estimate of drug-likeness (QED) is 0.219. The number of hydrogen-bond donors (Lipinski definition) is 1. The number of nitrogens with one attached hydrogen (secondary N) is 1. The minimum Gasteiger partial charge on any atom is -0.550 e. The summed E-state index contributed by atoms with van der Waals surface area (Å²) in [4.78, 5) is 35.2. The maximum Gasteiger partial charge on any atom is 1.00 e. The zero-order valence-electron chi connectivity index (χ0n) is 31.1. The minimum absolute atomic E-state index is 0. The number of aliphatic carboxylic acids is 1. The average molecular weight is 742 g/mol. The minimum atomic E-state index is -4.52. The number of aromatic nitrogens is 4. The van der Waals surface area contributed by atoms with E-state index in [9.17, 15) is 23.1 Å². The molecule has 53 heavy (non-hydrogen) atoms. The fourth-order valence-corrected chi connectivity index (χ4v) is 8.31. The third-order valence-corrected chi connectivity index (χ3v) is 11.1. The standard InChI is InChI=1S/C39H48F3N7O3.Na/c1-25-22-48(16-13-33(50)51)17-18-49(25)29-11-9-27(10-12-29)36-45-35-32(47(2)23-38(24-52-3)14-5-4-6-15-38)20-31(44-37(35)46-36)28-19-30(39(40,41)42)34(43-21-28)26-7-8-26;/h9-12,19-21,25-26H,4-8,13-18,22-24H2,1-3H3,(H,50,51)(H,44,45,46);/q;+1/p-1/t25-;/m1./s1. The van der Waals surface area contributed by atoms with Gasteiger partial charge in [0, 0.05) is 93.2 Å². The van der Waals surface area contributed by atoms with Crippen molar-refractivity contribution >= 4 is 28.5 Å². The summed E-state index contributed by atoms with van der Waals surface area (Å²) in [6.07, 6.45) is 4.02. The van der Waals surface area contributed by atoms with E-state index in [1.807, 2.05) is 25.2 Å². The monoisotopic (exact) mass is 741 g/mol. The molecule has 3 fully saturated rings. The number of halogens is 3. The molecule has 1 atom stereocenters. The van der Waals surface area contributed by atoms with Crippen molar-refractivity contribution in [2.75, 3.05) is 63.3 Å². The number of methoxy groups -OCH3 is 1. The predicted molar refractivity (Wildman–Crippen MR) is 193 cm³/mol. The van der Waals surface area contributed by atoms with E-state index in [2.05, 4.69) is 43.7 Å². The number of carboxylic acid groups (broad SMARTS) is 1. The number of aromatic amines is 1. The Morgan fingerprint density at radius 3 is 2.45 bits per heavy atom. The number of H-pyrrole nitrogens is 1. The van der Waals surface area contributed by atoms with E-state index in [-0.39, 0.29) is 59.0 Å². The molecule has 1 aromatic carbocycles. The molecule has 278 valence electrons. The number of alkyl halides is 3. The third-order valence-electron chi connectivity index (χ3n) is 11.1. The summed E-state index contributed by atoms with van der Waals surface area (Å²) in [5.41, 5.74) is 3.94. The molecule has 4 aromatic rings. The number of piperazine rings is 1. The average Bonchev–Trinajstić information content (AvgIpc) is 3.88. The van der Waals surface area contributed by atoms with Crippen LogP contribution in [0, 0.1) is 5.41 Å². The Labute approximate surface area is 330 Å². The van der Waals surface area contributed by atoms with Crippen LogP contribution in [0.2, 0.25) is 0 Å². The first-order valence-electron chi connectivity index (χ1n) is 18.4. The summed E-state index contributed by atoms with van der Waals surface area (Å²) in [5.74, 6) is -0.566. The van der Waals surface area contributed by atoms with Gasteiger partial charge in [0.15, 0.2) is 5.65 Å². The van der Waals surface area contributed by atoms with E-state index in [1.54, 1.807) is 7.11 Å². The van der Waals surface area contributed by atoms with E-state index in [0.29, 0.717) is 47.9 Å². The van der Waals surface area contributed by atoms with Crippen molar-refractivity contribution in [2.45, 2.75) is 76.4 Å². The van der Waals surface area contributed by atoms with E-state index >= 15 is 0 Å². The molecule has 0 unspecified atom stereocenters. The number of carbonyl (C=O) groups excluding carboxylic acids is 1. The summed E-state index contributed by atoms with van der Waals surface area (Å²) in [7, 11) is 3.76. The number of carboxylic acids is 1. The first-order chi connectivity index (χ1) is 24.9. The van der Waals surface area contributed by atoms with Crippen molar-refractivity contribution in [2.24, 2.45) is 5.41 Å². The molecule has 3 aromatic heterocycles. The Morgan fingerprint density at radius 1 is 1.08 bits per heavy atom. The molecular weight excluding hydrogens is 694 g/mol. The van der Waals surface area contributed by atoms with Gasteiger partial charge in [0.1, 0.15) is 11.3 Å². The van der Waals surface area contributed by atoms with Crippen LogP contribution < -0.4 is 44.5 Å². The molecule has 0 radical (unpaired) electrons. The van der Waals surface area contributed by atoms with Crippen LogP contribution in [-0.4, -0.2) is 90.3 Å². The second-order valence-corrected chi connectivity index (χ2v) is 15.1. The number of carbonyl (C=O) groups is 1. The molecule has 7 rings (SSSR count). The molecule has 1 N–H and O–H groups in total. The van der Waals surface area contributed by atoms with Gasteiger partial charge in [-0.2, -0.15) is 13.2 Å². The first-order valence-corrected chi connectivity index (χ1v) is 18.4. The largest absolute Gasteiger partial charge is 1.00 e. The predicted octanol–water partition coefficient (Wildman–Crippen LogP) is 3.27. The van der Waals surface area contributed by atoms with Crippen molar-refractivity contribution in [1.29, 1.82) is 0 Å². The Morgan fingerprint density at radius 2 is 1.81 bits per heavy atom. The van der Waals surface area contributed by atoms with Gasteiger partial charge in [-0.15, -0.1) is 0 Å². The zero-order valence-corrected chi connectivity index (χ0v) is 33.1. The van der Waals surface area contributed by atoms with Crippen LogP contribution in [0.3, 0.4) is 0 Å². The van der Waals surface area contributed by atoms with Crippen molar-refractivity contribution < 1.29 is 57.4 Å².